The Bertz CT molecular complexity index is 1010. The Balaban J connectivity index is 1.42. The summed E-state index contributed by atoms with van der Waals surface area (Å²) in [5, 5.41) is 11.5. The molecule has 1 amide bonds. The second-order valence-corrected chi connectivity index (χ2v) is 8.29. The molecule has 1 atom stereocenters. The number of halogens is 1. The van der Waals surface area contributed by atoms with Crippen LogP contribution >= 0.6 is 11.6 Å². The maximum atomic E-state index is 12.8. The van der Waals surface area contributed by atoms with Crippen molar-refractivity contribution in [3.05, 3.63) is 65.2 Å². The summed E-state index contributed by atoms with van der Waals surface area (Å²) < 4.78 is 0. The topological polar surface area (TPSA) is 64.3 Å². The van der Waals surface area contributed by atoms with Gasteiger partial charge < -0.3 is 15.1 Å². The summed E-state index contributed by atoms with van der Waals surface area (Å²) in [4.78, 5) is 17.0. The molecule has 1 unspecified atom stereocenters. The third-order valence-electron chi connectivity index (χ3n) is 5.42. The van der Waals surface area contributed by atoms with E-state index in [-0.39, 0.29) is 11.9 Å². The van der Waals surface area contributed by atoms with Gasteiger partial charge in [-0.05, 0) is 48.7 Å². The van der Waals surface area contributed by atoms with Gasteiger partial charge >= 0.3 is 0 Å². The highest BCUT2D eigenvalue weighted by Crippen LogP contribution is 2.25. The third kappa shape index (κ3) is 4.60. The van der Waals surface area contributed by atoms with Crippen molar-refractivity contribution in [1.82, 2.24) is 15.5 Å². The molecule has 6 nitrogen and oxygen atoms in total. The molecule has 156 valence electrons. The Morgan fingerprint density at radius 2 is 2.00 bits per heavy atom. The number of piperidine rings is 1. The second-order valence-electron chi connectivity index (χ2n) is 7.85. The molecule has 2 heterocycles. The zero-order valence-corrected chi connectivity index (χ0v) is 18.0. The Hall–Kier alpha value is -2.99. The smallest absolute Gasteiger partial charge is 0.251 e. The molecule has 1 aliphatic rings. The van der Waals surface area contributed by atoms with Crippen LogP contribution in [-0.4, -0.2) is 49.3 Å². The molecule has 0 radical (unpaired) electrons. The van der Waals surface area contributed by atoms with Crippen LogP contribution in [0.5, 0.6) is 0 Å². The molecule has 0 spiro atoms. The first-order chi connectivity index (χ1) is 14.5. The number of H-pyrrole nitrogens is 1. The van der Waals surface area contributed by atoms with Crippen LogP contribution in [-0.2, 0) is 0 Å². The summed E-state index contributed by atoms with van der Waals surface area (Å²) in [6.07, 6.45) is 1.97. The van der Waals surface area contributed by atoms with Gasteiger partial charge in [-0.1, -0.05) is 29.8 Å². The van der Waals surface area contributed by atoms with E-state index in [4.69, 9.17) is 11.6 Å². The van der Waals surface area contributed by atoms with Crippen molar-refractivity contribution in [1.29, 1.82) is 0 Å². The number of aromatic amines is 1. The van der Waals surface area contributed by atoms with Gasteiger partial charge in [0.25, 0.3) is 5.91 Å². The lowest BCUT2D eigenvalue weighted by molar-refractivity contribution is 0.0933. The quantitative estimate of drug-likeness (QED) is 0.645. The van der Waals surface area contributed by atoms with Crippen LogP contribution in [0.2, 0.25) is 5.02 Å². The van der Waals surface area contributed by atoms with Crippen molar-refractivity contribution in [3.63, 3.8) is 0 Å². The van der Waals surface area contributed by atoms with Gasteiger partial charge in [-0.15, -0.1) is 0 Å². The molecule has 1 saturated heterocycles. The van der Waals surface area contributed by atoms with Crippen LogP contribution < -0.4 is 15.1 Å². The summed E-state index contributed by atoms with van der Waals surface area (Å²) >= 11 is 5.98. The monoisotopic (exact) mass is 423 g/mol. The van der Waals surface area contributed by atoms with Gasteiger partial charge in [-0.25, -0.2) is 0 Å². The average Bonchev–Trinajstić information content (AvgIpc) is 3.25. The Morgan fingerprint density at radius 1 is 1.20 bits per heavy atom. The maximum Gasteiger partial charge on any atom is 0.251 e. The molecule has 0 aliphatic carbocycles. The SMILES string of the molecule is CN(C)c1cccc(C(=O)NC2CCCN(c3cc(-c4ccc(Cl)cc4)[nH]n3)C2)c1. The summed E-state index contributed by atoms with van der Waals surface area (Å²) in [5.74, 6) is 0.864. The summed E-state index contributed by atoms with van der Waals surface area (Å²) in [5.41, 5.74) is 3.69. The molecule has 1 fully saturated rings. The van der Waals surface area contributed by atoms with Gasteiger partial charge in [0.05, 0.1) is 5.69 Å². The Labute approximate surface area is 181 Å². The Kier molecular flexibility index (Phi) is 5.95. The standard InChI is InChI=1S/C23H26ClN5O/c1-28(2)20-7-3-5-17(13-20)23(30)25-19-6-4-12-29(15-19)22-14-21(26-27-22)16-8-10-18(24)11-9-16/h3,5,7-11,13-14,19H,4,6,12,15H2,1-2H3,(H,25,30)(H,26,27). The van der Waals surface area contributed by atoms with E-state index < -0.39 is 0 Å². The maximum absolute atomic E-state index is 12.8. The fraction of sp³-hybridized carbons (Fsp3) is 0.304. The Morgan fingerprint density at radius 3 is 2.77 bits per heavy atom. The zero-order chi connectivity index (χ0) is 21.1. The average molecular weight is 424 g/mol. The molecule has 30 heavy (non-hydrogen) atoms. The van der Waals surface area contributed by atoms with E-state index in [2.05, 4.69) is 20.4 Å². The van der Waals surface area contributed by atoms with E-state index in [1.165, 1.54) is 0 Å². The van der Waals surface area contributed by atoms with E-state index >= 15 is 0 Å². The van der Waals surface area contributed by atoms with Crippen molar-refractivity contribution < 1.29 is 4.79 Å². The zero-order valence-electron chi connectivity index (χ0n) is 17.2. The van der Waals surface area contributed by atoms with Crippen LogP contribution in [0, 0.1) is 0 Å². The van der Waals surface area contributed by atoms with Crippen LogP contribution in [0.15, 0.2) is 54.6 Å². The molecule has 4 rings (SSSR count). The highest BCUT2D eigenvalue weighted by molar-refractivity contribution is 6.30. The first-order valence-corrected chi connectivity index (χ1v) is 10.5. The molecule has 0 saturated carbocycles. The lowest BCUT2D eigenvalue weighted by atomic mass is 10.0. The number of hydrogen-bond acceptors (Lipinski definition) is 4. The predicted octanol–water partition coefficient (Wildman–Crippen LogP) is 4.19. The van der Waals surface area contributed by atoms with Crippen molar-refractivity contribution >= 4 is 29.0 Å². The lowest BCUT2D eigenvalue weighted by Crippen LogP contribution is -2.48. The summed E-state index contributed by atoms with van der Waals surface area (Å²) in [7, 11) is 3.94. The highest BCUT2D eigenvalue weighted by Gasteiger charge is 2.24. The number of amides is 1. The minimum atomic E-state index is -0.0329. The highest BCUT2D eigenvalue weighted by atomic mass is 35.5. The number of carbonyl (C=O) groups is 1. The van der Waals surface area contributed by atoms with E-state index in [0.29, 0.717) is 10.6 Å². The molecule has 2 aromatic carbocycles. The van der Waals surface area contributed by atoms with Crippen LogP contribution in [0.25, 0.3) is 11.3 Å². The molecule has 2 N–H and O–H groups in total. The molecule has 7 heteroatoms. The summed E-state index contributed by atoms with van der Waals surface area (Å²) in [6, 6.07) is 17.5. The van der Waals surface area contributed by atoms with E-state index in [9.17, 15) is 4.79 Å². The molecule has 3 aromatic rings. The van der Waals surface area contributed by atoms with Gasteiger partial charge in [0.15, 0.2) is 5.82 Å². The first-order valence-electron chi connectivity index (χ1n) is 10.1. The number of benzene rings is 2. The fourth-order valence-corrected chi connectivity index (χ4v) is 3.87. The predicted molar refractivity (Wildman–Crippen MR) is 123 cm³/mol. The fourth-order valence-electron chi connectivity index (χ4n) is 3.75. The molecule has 1 aliphatic heterocycles. The molecule has 0 bridgehead atoms. The molecule has 1 aromatic heterocycles. The minimum Gasteiger partial charge on any atom is -0.378 e. The lowest BCUT2D eigenvalue weighted by Gasteiger charge is -2.33. The van der Waals surface area contributed by atoms with Gasteiger partial charge in [0.2, 0.25) is 0 Å². The van der Waals surface area contributed by atoms with Crippen molar-refractivity contribution in [2.24, 2.45) is 0 Å². The number of nitrogens with one attached hydrogen (secondary N) is 2. The van der Waals surface area contributed by atoms with Crippen LogP contribution in [0.4, 0.5) is 11.5 Å². The van der Waals surface area contributed by atoms with Gasteiger partial charge in [-0.3, -0.25) is 9.89 Å². The normalized spacial score (nSPS) is 16.4. The van der Waals surface area contributed by atoms with Crippen LogP contribution in [0.3, 0.4) is 0 Å². The molecular weight excluding hydrogens is 398 g/mol. The first kappa shape index (κ1) is 20.3. The second kappa shape index (κ2) is 8.79. The van der Waals surface area contributed by atoms with Crippen molar-refractivity contribution in [3.8, 4) is 11.3 Å². The van der Waals surface area contributed by atoms with Crippen molar-refractivity contribution in [2.45, 2.75) is 18.9 Å². The number of hydrogen-bond donors (Lipinski definition) is 2. The number of rotatable bonds is 5. The third-order valence-corrected chi connectivity index (χ3v) is 5.68. The van der Waals surface area contributed by atoms with Crippen LogP contribution in [0.1, 0.15) is 23.2 Å². The van der Waals surface area contributed by atoms with E-state index in [0.717, 1.165) is 48.7 Å². The van der Waals surface area contributed by atoms with E-state index in [1.807, 2.05) is 73.6 Å². The van der Waals surface area contributed by atoms with Gasteiger partial charge in [0, 0.05) is 55.6 Å². The number of carbonyl (C=O) groups excluding carboxylic acids is 1. The number of anilines is 2. The van der Waals surface area contributed by atoms with Gasteiger partial charge in [0.1, 0.15) is 0 Å². The van der Waals surface area contributed by atoms with E-state index in [1.54, 1.807) is 0 Å². The number of nitrogens with zero attached hydrogens (tertiary/aromatic N) is 3. The van der Waals surface area contributed by atoms with Crippen molar-refractivity contribution in [2.75, 3.05) is 37.0 Å². The molecular formula is C23H26ClN5O. The van der Waals surface area contributed by atoms with Gasteiger partial charge in [-0.2, -0.15) is 5.10 Å². The summed E-state index contributed by atoms with van der Waals surface area (Å²) in [6.45, 7) is 1.66. The largest absolute Gasteiger partial charge is 0.378 e. The minimum absolute atomic E-state index is 0.0329. The number of aromatic nitrogens is 2.